The van der Waals surface area contributed by atoms with Gasteiger partial charge in [0, 0.05) is 32.8 Å². The van der Waals surface area contributed by atoms with Gasteiger partial charge in [0.25, 0.3) is 0 Å². The lowest BCUT2D eigenvalue weighted by Crippen LogP contribution is -2.41. The molecule has 0 aromatic carbocycles. The van der Waals surface area contributed by atoms with E-state index in [0.29, 0.717) is 12.6 Å². The SMILES string of the molecule is COCC(O)CN1CC2CCCNC2C1. The van der Waals surface area contributed by atoms with E-state index in [1.165, 1.54) is 12.8 Å². The van der Waals surface area contributed by atoms with Crippen LogP contribution in [0.5, 0.6) is 0 Å². The molecule has 2 N–H and O–H groups in total. The van der Waals surface area contributed by atoms with Crippen molar-refractivity contribution in [2.24, 2.45) is 5.92 Å². The van der Waals surface area contributed by atoms with Crippen molar-refractivity contribution in [2.45, 2.75) is 25.0 Å². The molecule has 4 nitrogen and oxygen atoms in total. The monoisotopic (exact) mass is 214 g/mol. The third-order valence-corrected chi connectivity index (χ3v) is 3.50. The minimum absolute atomic E-state index is 0.338. The highest BCUT2D eigenvalue weighted by atomic mass is 16.5. The van der Waals surface area contributed by atoms with Crippen LogP contribution in [0, 0.1) is 5.92 Å². The molecule has 0 aliphatic carbocycles. The minimum Gasteiger partial charge on any atom is -0.389 e. The van der Waals surface area contributed by atoms with Crippen LogP contribution in [-0.2, 0) is 4.74 Å². The molecule has 2 heterocycles. The number of nitrogens with zero attached hydrogens (tertiary/aromatic N) is 1. The second-order valence-corrected chi connectivity index (χ2v) is 4.79. The van der Waals surface area contributed by atoms with Crippen molar-refractivity contribution in [2.75, 3.05) is 39.9 Å². The van der Waals surface area contributed by atoms with E-state index in [4.69, 9.17) is 4.74 Å². The normalized spacial score (nSPS) is 34.0. The van der Waals surface area contributed by atoms with Gasteiger partial charge in [-0.25, -0.2) is 0 Å². The molecule has 2 saturated heterocycles. The number of ether oxygens (including phenoxy) is 1. The Labute approximate surface area is 91.6 Å². The second kappa shape index (κ2) is 5.25. The zero-order chi connectivity index (χ0) is 10.7. The van der Waals surface area contributed by atoms with Crippen LogP contribution < -0.4 is 5.32 Å². The van der Waals surface area contributed by atoms with Gasteiger partial charge in [-0.2, -0.15) is 0 Å². The van der Waals surface area contributed by atoms with Gasteiger partial charge in [0.1, 0.15) is 0 Å². The smallest absolute Gasteiger partial charge is 0.0900 e. The Bertz CT molecular complexity index is 187. The first kappa shape index (κ1) is 11.3. The molecule has 0 saturated carbocycles. The molecule has 0 aromatic heterocycles. The fraction of sp³-hybridized carbons (Fsp3) is 1.00. The Kier molecular flexibility index (Phi) is 3.97. The molecule has 2 rings (SSSR count). The zero-order valence-electron chi connectivity index (χ0n) is 9.48. The molecule has 0 aromatic rings. The van der Waals surface area contributed by atoms with Crippen molar-refractivity contribution >= 4 is 0 Å². The summed E-state index contributed by atoms with van der Waals surface area (Å²) < 4.78 is 4.94. The van der Waals surface area contributed by atoms with E-state index in [2.05, 4.69) is 10.2 Å². The Balaban J connectivity index is 1.76. The topological polar surface area (TPSA) is 44.7 Å². The molecule has 0 amide bonds. The second-order valence-electron chi connectivity index (χ2n) is 4.79. The number of aliphatic hydroxyl groups excluding tert-OH is 1. The molecule has 0 bridgehead atoms. The summed E-state index contributed by atoms with van der Waals surface area (Å²) in [5.74, 6) is 0.800. The van der Waals surface area contributed by atoms with Gasteiger partial charge in [-0.3, -0.25) is 4.90 Å². The van der Waals surface area contributed by atoms with Crippen molar-refractivity contribution < 1.29 is 9.84 Å². The molecule has 2 fully saturated rings. The van der Waals surface area contributed by atoms with Crippen LogP contribution in [0.1, 0.15) is 12.8 Å². The third-order valence-electron chi connectivity index (χ3n) is 3.50. The van der Waals surface area contributed by atoms with Gasteiger partial charge in [-0.15, -0.1) is 0 Å². The van der Waals surface area contributed by atoms with Crippen LogP contribution in [0.25, 0.3) is 0 Å². The van der Waals surface area contributed by atoms with E-state index in [-0.39, 0.29) is 6.10 Å². The van der Waals surface area contributed by atoms with E-state index in [1.54, 1.807) is 7.11 Å². The summed E-state index contributed by atoms with van der Waals surface area (Å²) in [6.07, 6.45) is 2.31. The van der Waals surface area contributed by atoms with E-state index in [9.17, 15) is 5.11 Å². The standard InChI is InChI=1S/C11H22N2O2/c1-15-8-10(14)6-13-5-9-3-2-4-12-11(9)7-13/h9-12,14H,2-8H2,1H3. The molecule has 0 radical (unpaired) electrons. The molecule has 3 atom stereocenters. The molecule has 88 valence electrons. The quantitative estimate of drug-likeness (QED) is 0.673. The number of rotatable bonds is 4. The first-order valence-electron chi connectivity index (χ1n) is 5.92. The maximum atomic E-state index is 9.66. The Morgan fingerprint density at radius 1 is 1.53 bits per heavy atom. The number of piperidine rings is 1. The van der Waals surface area contributed by atoms with Crippen molar-refractivity contribution in [3.05, 3.63) is 0 Å². The van der Waals surface area contributed by atoms with Gasteiger partial charge in [0.05, 0.1) is 12.7 Å². The third kappa shape index (κ3) is 2.91. The average Bonchev–Trinajstić information content (AvgIpc) is 2.59. The Hall–Kier alpha value is -0.160. The molecule has 3 unspecified atom stereocenters. The van der Waals surface area contributed by atoms with Gasteiger partial charge in [0.15, 0.2) is 0 Å². The maximum Gasteiger partial charge on any atom is 0.0900 e. The van der Waals surface area contributed by atoms with Crippen LogP contribution in [0.2, 0.25) is 0 Å². The summed E-state index contributed by atoms with van der Waals surface area (Å²) in [4.78, 5) is 2.36. The van der Waals surface area contributed by atoms with Gasteiger partial charge < -0.3 is 15.2 Å². The summed E-state index contributed by atoms with van der Waals surface area (Å²) in [5.41, 5.74) is 0. The van der Waals surface area contributed by atoms with Crippen LogP contribution in [0.15, 0.2) is 0 Å². The van der Waals surface area contributed by atoms with Crippen molar-refractivity contribution in [1.82, 2.24) is 10.2 Å². The van der Waals surface area contributed by atoms with Crippen LogP contribution in [-0.4, -0.2) is 62.0 Å². The highest BCUT2D eigenvalue weighted by Crippen LogP contribution is 2.24. The summed E-state index contributed by atoms with van der Waals surface area (Å²) in [6, 6.07) is 0.661. The van der Waals surface area contributed by atoms with E-state index < -0.39 is 0 Å². The Morgan fingerprint density at radius 3 is 3.13 bits per heavy atom. The van der Waals surface area contributed by atoms with Gasteiger partial charge in [-0.05, 0) is 25.3 Å². The van der Waals surface area contributed by atoms with Crippen LogP contribution in [0.4, 0.5) is 0 Å². The summed E-state index contributed by atoms with van der Waals surface area (Å²) in [7, 11) is 1.63. The van der Waals surface area contributed by atoms with Gasteiger partial charge in [-0.1, -0.05) is 0 Å². The van der Waals surface area contributed by atoms with E-state index in [1.807, 2.05) is 0 Å². The van der Waals surface area contributed by atoms with Crippen LogP contribution >= 0.6 is 0 Å². The number of β-amino-alcohol motifs (C(OH)–C–C–N with tert-alkyl or cyclic N) is 1. The predicted molar refractivity (Wildman–Crippen MR) is 58.8 cm³/mol. The highest BCUT2D eigenvalue weighted by molar-refractivity contribution is 4.92. The lowest BCUT2D eigenvalue weighted by molar-refractivity contribution is 0.0419. The van der Waals surface area contributed by atoms with Crippen molar-refractivity contribution in [3.8, 4) is 0 Å². The average molecular weight is 214 g/mol. The van der Waals surface area contributed by atoms with Crippen molar-refractivity contribution in [3.63, 3.8) is 0 Å². The molecular formula is C11H22N2O2. The number of hydrogen-bond acceptors (Lipinski definition) is 4. The molecule has 2 aliphatic heterocycles. The van der Waals surface area contributed by atoms with E-state index >= 15 is 0 Å². The van der Waals surface area contributed by atoms with Crippen LogP contribution in [0.3, 0.4) is 0 Å². The summed E-state index contributed by atoms with van der Waals surface area (Å²) in [5, 5.41) is 13.2. The number of hydrogen-bond donors (Lipinski definition) is 2. The predicted octanol–water partition coefficient (Wildman–Crippen LogP) is -0.322. The lowest BCUT2D eigenvalue weighted by atomic mass is 9.94. The molecular weight excluding hydrogens is 192 g/mol. The number of methoxy groups -OCH3 is 1. The fourth-order valence-corrected chi connectivity index (χ4v) is 2.83. The molecule has 15 heavy (non-hydrogen) atoms. The Morgan fingerprint density at radius 2 is 2.40 bits per heavy atom. The molecule has 2 aliphatic rings. The molecule has 4 heteroatoms. The molecule has 0 spiro atoms. The van der Waals surface area contributed by atoms with E-state index in [0.717, 1.165) is 32.1 Å². The first-order chi connectivity index (χ1) is 7.29. The number of nitrogens with one attached hydrogen (secondary N) is 1. The maximum absolute atomic E-state index is 9.66. The number of likely N-dealkylation sites (tertiary alicyclic amines) is 1. The van der Waals surface area contributed by atoms with Crippen molar-refractivity contribution in [1.29, 1.82) is 0 Å². The van der Waals surface area contributed by atoms with Gasteiger partial charge >= 0.3 is 0 Å². The fourth-order valence-electron chi connectivity index (χ4n) is 2.83. The largest absolute Gasteiger partial charge is 0.389 e. The first-order valence-corrected chi connectivity index (χ1v) is 5.92. The highest BCUT2D eigenvalue weighted by Gasteiger charge is 2.34. The number of fused-ring (bicyclic) bond motifs is 1. The summed E-state index contributed by atoms with van der Waals surface area (Å²) >= 11 is 0. The lowest BCUT2D eigenvalue weighted by Gasteiger charge is -2.24. The summed E-state index contributed by atoms with van der Waals surface area (Å²) in [6.45, 7) is 4.58. The minimum atomic E-state index is -0.338. The number of aliphatic hydroxyl groups is 1. The zero-order valence-corrected chi connectivity index (χ0v) is 9.48. The van der Waals surface area contributed by atoms with Gasteiger partial charge in [0.2, 0.25) is 0 Å².